The van der Waals surface area contributed by atoms with Crippen molar-refractivity contribution in [3.05, 3.63) is 11.6 Å². The smallest absolute Gasteiger partial charge is 0.187 e. The standard InChI is InChI=1S/C21H36O9/c1-9-5-6-12(23)21(4)13(24)7-10(20(2,3)28)18(14(9)21)30-19-17(27)16(26)15(25)11(8-22)29-19/h5,10-19,22-28H,6-8H2,1-4H3. The first kappa shape index (κ1) is 24.0. The van der Waals surface area contributed by atoms with Crippen LogP contribution >= 0.6 is 0 Å². The summed E-state index contributed by atoms with van der Waals surface area (Å²) in [5.41, 5.74) is -1.33. The fourth-order valence-corrected chi connectivity index (χ4v) is 5.48. The van der Waals surface area contributed by atoms with Gasteiger partial charge in [0.25, 0.3) is 0 Å². The first-order chi connectivity index (χ1) is 13.8. The van der Waals surface area contributed by atoms with Crippen LogP contribution < -0.4 is 0 Å². The van der Waals surface area contributed by atoms with Gasteiger partial charge in [-0.1, -0.05) is 18.6 Å². The molecule has 9 nitrogen and oxygen atoms in total. The lowest BCUT2D eigenvalue weighted by Crippen LogP contribution is -2.66. The van der Waals surface area contributed by atoms with Crippen molar-refractivity contribution in [2.75, 3.05) is 6.61 Å². The predicted molar refractivity (Wildman–Crippen MR) is 105 cm³/mol. The van der Waals surface area contributed by atoms with Crippen LogP contribution in [0.15, 0.2) is 11.6 Å². The van der Waals surface area contributed by atoms with E-state index >= 15 is 0 Å². The molecule has 0 bridgehead atoms. The molecule has 174 valence electrons. The number of fused-ring (bicyclic) bond motifs is 1. The molecule has 1 aliphatic heterocycles. The topological polar surface area (TPSA) is 160 Å². The zero-order chi connectivity index (χ0) is 22.6. The molecule has 9 heteroatoms. The molecule has 1 heterocycles. The second-order valence-corrected chi connectivity index (χ2v) is 9.85. The van der Waals surface area contributed by atoms with Crippen LogP contribution in [0.2, 0.25) is 0 Å². The van der Waals surface area contributed by atoms with Gasteiger partial charge in [-0.15, -0.1) is 0 Å². The van der Waals surface area contributed by atoms with Crippen LogP contribution in [-0.2, 0) is 9.47 Å². The fraction of sp³-hybridized carbons (Fsp3) is 0.905. The van der Waals surface area contributed by atoms with Crippen molar-refractivity contribution in [3.63, 3.8) is 0 Å². The van der Waals surface area contributed by atoms with Gasteiger partial charge in [0.1, 0.15) is 24.4 Å². The summed E-state index contributed by atoms with van der Waals surface area (Å²) < 4.78 is 11.7. The molecular weight excluding hydrogens is 396 g/mol. The van der Waals surface area contributed by atoms with Crippen LogP contribution in [0.1, 0.15) is 40.5 Å². The van der Waals surface area contributed by atoms with Crippen LogP contribution in [-0.4, -0.2) is 97.0 Å². The molecule has 0 aromatic carbocycles. The monoisotopic (exact) mass is 432 g/mol. The summed E-state index contributed by atoms with van der Waals surface area (Å²) >= 11 is 0. The molecule has 0 aromatic rings. The van der Waals surface area contributed by atoms with E-state index in [9.17, 15) is 35.7 Å². The van der Waals surface area contributed by atoms with E-state index in [0.717, 1.165) is 5.57 Å². The lowest BCUT2D eigenvalue weighted by Gasteiger charge is -2.58. The van der Waals surface area contributed by atoms with E-state index in [-0.39, 0.29) is 6.42 Å². The largest absolute Gasteiger partial charge is 0.394 e. The van der Waals surface area contributed by atoms with E-state index in [4.69, 9.17) is 9.47 Å². The summed E-state index contributed by atoms with van der Waals surface area (Å²) in [7, 11) is 0. The quantitative estimate of drug-likeness (QED) is 0.267. The summed E-state index contributed by atoms with van der Waals surface area (Å²) in [6.07, 6.45) is -7.25. The highest BCUT2D eigenvalue weighted by Crippen LogP contribution is 2.55. The minimum atomic E-state index is -1.59. The Hall–Kier alpha value is -0.620. The summed E-state index contributed by atoms with van der Waals surface area (Å²) in [5.74, 6) is -1.07. The molecule has 30 heavy (non-hydrogen) atoms. The Bertz CT molecular complexity index is 645. The maximum atomic E-state index is 11.0. The van der Waals surface area contributed by atoms with E-state index in [1.54, 1.807) is 20.8 Å². The molecule has 0 amide bonds. The highest BCUT2D eigenvalue weighted by molar-refractivity contribution is 5.23. The van der Waals surface area contributed by atoms with Gasteiger partial charge in [0, 0.05) is 17.3 Å². The third-order valence-electron chi connectivity index (χ3n) is 7.51. The van der Waals surface area contributed by atoms with Gasteiger partial charge in [0.2, 0.25) is 0 Å². The number of aliphatic hydroxyl groups excluding tert-OH is 6. The summed E-state index contributed by atoms with van der Waals surface area (Å²) in [5, 5.41) is 72.7. The Kier molecular flexibility index (Phi) is 6.71. The van der Waals surface area contributed by atoms with Crippen molar-refractivity contribution >= 4 is 0 Å². The van der Waals surface area contributed by atoms with Gasteiger partial charge in [-0.25, -0.2) is 0 Å². The Morgan fingerprint density at radius 2 is 1.73 bits per heavy atom. The number of hydrogen-bond donors (Lipinski definition) is 7. The molecule has 3 rings (SSSR count). The second-order valence-electron chi connectivity index (χ2n) is 9.85. The fourth-order valence-electron chi connectivity index (χ4n) is 5.48. The minimum Gasteiger partial charge on any atom is -0.394 e. The van der Waals surface area contributed by atoms with Gasteiger partial charge < -0.3 is 45.2 Å². The lowest BCUT2D eigenvalue weighted by molar-refractivity contribution is -0.334. The van der Waals surface area contributed by atoms with Gasteiger partial charge in [0.15, 0.2) is 6.29 Å². The van der Waals surface area contributed by atoms with Crippen LogP contribution in [0.4, 0.5) is 0 Å². The average molecular weight is 433 g/mol. The molecule has 1 saturated heterocycles. The lowest BCUT2D eigenvalue weighted by atomic mass is 9.52. The third-order valence-corrected chi connectivity index (χ3v) is 7.51. The Morgan fingerprint density at radius 1 is 1.10 bits per heavy atom. The molecule has 11 unspecified atom stereocenters. The van der Waals surface area contributed by atoms with E-state index in [2.05, 4.69) is 0 Å². The molecule has 2 fully saturated rings. The number of ether oxygens (including phenoxy) is 2. The van der Waals surface area contributed by atoms with Crippen molar-refractivity contribution in [2.24, 2.45) is 17.3 Å². The summed E-state index contributed by atoms with van der Waals surface area (Å²) in [6.45, 7) is 6.29. The predicted octanol–water partition coefficient (Wildman–Crippen LogP) is -1.34. The summed E-state index contributed by atoms with van der Waals surface area (Å²) in [6, 6.07) is 0. The van der Waals surface area contributed by atoms with Gasteiger partial charge in [-0.05, 0) is 33.6 Å². The molecular formula is C21H36O9. The van der Waals surface area contributed by atoms with E-state index in [1.165, 1.54) is 0 Å². The van der Waals surface area contributed by atoms with Gasteiger partial charge in [-0.3, -0.25) is 0 Å². The number of aliphatic hydroxyl groups is 7. The molecule has 0 radical (unpaired) electrons. The molecule has 2 aliphatic carbocycles. The van der Waals surface area contributed by atoms with Crippen LogP contribution in [0.3, 0.4) is 0 Å². The van der Waals surface area contributed by atoms with Crippen molar-refractivity contribution in [2.45, 2.75) is 95.2 Å². The maximum absolute atomic E-state index is 11.0. The summed E-state index contributed by atoms with van der Waals surface area (Å²) in [4.78, 5) is 0. The SMILES string of the molecule is CC1=CCC(O)C2(C)C(O)CC(C(C)(C)O)C(OC3OC(CO)C(O)C(O)C3O)C12. The Morgan fingerprint density at radius 3 is 2.30 bits per heavy atom. The average Bonchev–Trinajstić information content (AvgIpc) is 2.66. The van der Waals surface area contributed by atoms with Crippen LogP contribution in [0.25, 0.3) is 0 Å². The zero-order valence-electron chi connectivity index (χ0n) is 17.9. The van der Waals surface area contributed by atoms with Crippen molar-refractivity contribution in [1.29, 1.82) is 0 Å². The Balaban J connectivity index is 1.99. The van der Waals surface area contributed by atoms with Crippen molar-refractivity contribution in [1.82, 2.24) is 0 Å². The molecule has 1 saturated carbocycles. The van der Waals surface area contributed by atoms with E-state index in [1.807, 2.05) is 13.0 Å². The zero-order valence-corrected chi connectivity index (χ0v) is 17.9. The van der Waals surface area contributed by atoms with Gasteiger partial charge >= 0.3 is 0 Å². The normalized spacial score (nSPS) is 50.0. The number of hydrogen-bond acceptors (Lipinski definition) is 9. The van der Waals surface area contributed by atoms with Gasteiger partial charge in [0.05, 0.1) is 30.5 Å². The van der Waals surface area contributed by atoms with E-state index in [0.29, 0.717) is 6.42 Å². The molecule has 0 spiro atoms. The maximum Gasteiger partial charge on any atom is 0.187 e. The molecule has 11 atom stereocenters. The van der Waals surface area contributed by atoms with E-state index < -0.39 is 78.5 Å². The highest BCUT2D eigenvalue weighted by Gasteiger charge is 2.60. The Labute approximate surface area is 176 Å². The first-order valence-electron chi connectivity index (χ1n) is 10.5. The molecule has 7 N–H and O–H groups in total. The molecule has 0 aromatic heterocycles. The van der Waals surface area contributed by atoms with Gasteiger partial charge in [-0.2, -0.15) is 0 Å². The first-order valence-corrected chi connectivity index (χ1v) is 10.5. The third kappa shape index (κ3) is 3.85. The molecule has 3 aliphatic rings. The minimum absolute atomic E-state index is 0.156. The highest BCUT2D eigenvalue weighted by atomic mass is 16.7. The van der Waals surface area contributed by atoms with Crippen LogP contribution in [0.5, 0.6) is 0 Å². The van der Waals surface area contributed by atoms with Crippen molar-refractivity contribution in [3.8, 4) is 0 Å². The second kappa shape index (κ2) is 8.38. The van der Waals surface area contributed by atoms with Crippen LogP contribution in [0, 0.1) is 17.3 Å². The van der Waals surface area contributed by atoms with Crippen molar-refractivity contribution < 1.29 is 45.2 Å². The number of rotatable bonds is 4.